The average molecular weight is 351 g/mol. The molecule has 2 heteroatoms. The van der Waals surface area contributed by atoms with E-state index in [1.54, 1.807) is 0 Å². The number of allylic oxidation sites excluding steroid dienone is 4. The van der Waals surface area contributed by atoms with E-state index in [1.165, 1.54) is 10.9 Å². The fourth-order valence-electron chi connectivity index (χ4n) is 4.05. The first-order valence-corrected chi connectivity index (χ1v) is 9.77. The van der Waals surface area contributed by atoms with Gasteiger partial charge in [0, 0.05) is 17.4 Å². The number of hydrogen-bond acceptors (Lipinski definition) is 2. The third kappa shape index (κ3) is 3.13. The predicted molar refractivity (Wildman–Crippen MR) is 110 cm³/mol. The molecular formula is C24H30O2. The number of fused-ring (bicyclic) bond motifs is 3. The molecule has 0 aliphatic heterocycles. The Labute approximate surface area is 156 Å². The second-order valence-electron chi connectivity index (χ2n) is 7.71. The van der Waals surface area contributed by atoms with Gasteiger partial charge in [0.25, 0.3) is 0 Å². The first kappa shape index (κ1) is 18.6. The zero-order valence-electron chi connectivity index (χ0n) is 16.5. The SMILES string of the molecule is CC.CC1C=C(O)C(C(C)(C)C2C=Cc3c(oc4ccccc34)C2)=CC1. The maximum atomic E-state index is 10.5. The fraction of sp³-hybridized carbons (Fsp3) is 0.417. The molecule has 2 atom stereocenters. The van der Waals surface area contributed by atoms with Gasteiger partial charge in [-0.05, 0) is 41.4 Å². The summed E-state index contributed by atoms with van der Waals surface area (Å²) >= 11 is 0. The Morgan fingerprint density at radius 3 is 2.62 bits per heavy atom. The smallest absolute Gasteiger partial charge is 0.134 e. The molecule has 0 fully saturated rings. The van der Waals surface area contributed by atoms with Crippen LogP contribution >= 0.6 is 0 Å². The van der Waals surface area contributed by atoms with Gasteiger partial charge in [-0.3, -0.25) is 0 Å². The molecule has 0 amide bonds. The van der Waals surface area contributed by atoms with Gasteiger partial charge in [0.1, 0.15) is 17.1 Å². The minimum atomic E-state index is -0.131. The maximum absolute atomic E-state index is 10.5. The zero-order valence-corrected chi connectivity index (χ0v) is 16.5. The molecule has 0 saturated carbocycles. The van der Waals surface area contributed by atoms with Crippen LogP contribution < -0.4 is 0 Å². The van der Waals surface area contributed by atoms with Gasteiger partial charge >= 0.3 is 0 Å². The minimum absolute atomic E-state index is 0.131. The molecule has 0 saturated heterocycles. The van der Waals surface area contributed by atoms with E-state index < -0.39 is 0 Å². The van der Waals surface area contributed by atoms with E-state index >= 15 is 0 Å². The van der Waals surface area contributed by atoms with Crippen molar-refractivity contribution in [1.82, 2.24) is 0 Å². The molecule has 2 nitrogen and oxygen atoms in total. The minimum Gasteiger partial charge on any atom is -0.508 e. The van der Waals surface area contributed by atoms with Gasteiger partial charge in [0.15, 0.2) is 0 Å². The van der Waals surface area contributed by atoms with Crippen LogP contribution in [0.3, 0.4) is 0 Å². The van der Waals surface area contributed by atoms with Gasteiger partial charge in [-0.1, -0.05) is 71.0 Å². The lowest BCUT2D eigenvalue weighted by Crippen LogP contribution is -2.30. The second kappa shape index (κ2) is 7.19. The van der Waals surface area contributed by atoms with Crippen molar-refractivity contribution in [2.24, 2.45) is 17.3 Å². The van der Waals surface area contributed by atoms with Crippen molar-refractivity contribution >= 4 is 17.0 Å². The van der Waals surface area contributed by atoms with E-state index in [4.69, 9.17) is 4.42 Å². The number of rotatable bonds is 2. The average Bonchev–Trinajstić information content (AvgIpc) is 3.01. The van der Waals surface area contributed by atoms with Crippen molar-refractivity contribution < 1.29 is 9.52 Å². The predicted octanol–water partition coefficient (Wildman–Crippen LogP) is 7.08. The van der Waals surface area contributed by atoms with Crippen LogP contribution in [0.1, 0.15) is 52.4 Å². The number of aliphatic hydroxyl groups is 1. The highest BCUT2D eigenvalue weighted by atomic mass is 16.3. The summed E-state index contributed by atoms with van der Waals surface area (Å²) in [7, 11) is 0. The molecule has 1 heterocycles. The first-order chi connectivity index (χ1) is 12.5. The van der Waals surface area contributed by atoms with Crippen molar-refractivity contribution in [3.63, 3.8) is 0 Å². The summed E-state index contributed by atoms with van der Waals surface area (Å²) in [5, 5.41) is 11.6. The molecule has 1 N–H and O–H groups in total. The lowest BCUT2D eigenvalue weighted by atomic mass is 9.67. The van der Waals surface area contributed by atoms with Crippen LogP contribution in [0.4, 0.5) is 0 Å². The Hall–Kier alpha value is -2.22. The van der Waals surface area contributed by atoms with Gasteiger partial charge in [0.05, 0.1) is 0 Å². The normalized spacial score (nSPS) is 22.2. The molecule has 1 aromatic heterocycles. The Kier molecular flexibility index (Phi) is 5.13. The third-order valence-electron chi connectivity index (χ3n) is 5.64. The van der Waals surface area contributed by atoms with Gasteiger partial charge in [0.2, 0.25) is 0 Å². The van der Waals surface area contributed by atoms with Crippen molar-refractivity contribution in [2.75, 3.05) is 0 Å². The molecule has 2 unspecified atom stereocenters. The van der Waals surface area contributed by atoms with E-state index in [0.717, 1.165) is 29.8 Å². The largest absolute Gasteiger partial charge is 0.508 e. The molecule has 0 spiro atoms. The Balaban J connectivity index is 0.000000948. The van der Waals surface area contributed by atoms with Gasteiger partial charge in [-0.15, -0.1) is 0 Å². The lowest BCUT2D eigenvalue weighted by Gasteiger charge is -2.37. The highest BCUT2D eigenvalue weighted by Crippen LogP contribution is 2.46. The molecule has 4 rings (SSSR count). The summed E-state index contributed by atoms with van der Waals surface area (Å²) < 4.78 is 6.10. The topological polar surface area (TPSA) is 33.4 Å². The number of hydrogen-bond donors (Lipinski definition) is 1. The highest BCUT2D eigenvalue weighted by Gasteiger charge is 2.37. The molecule has 0 radical (unpaired) electrons. The molecular weight excluding hydrogens is 320 g/mol. The molecule has 0 bridgehead atoms. The fourth-order valence-corrected chi connectivity index (χ4v) is 4.05. The molecule has 2 aromatic rings. The van der Waals surface area contributed by atoms with Crippen molar-refractivity contribution in [3.8, 4) is 0 Å². The quantitative estimate of drug-likeness (QED) is 0.628. The van der Waals surface area contributed by atoms with Crippen molar-refractivity contribution in [1.29, 1.82) is 0 Å². The van der Waals surface area contributed by atoms with Crippen molar-refractivity contribution in [3.05, 3.63) is 65.1 Å². The summed E-state index contributed by atoms with van der Waals surface area (Å²) in [6.45, 7) is 10.6. The van der Waals surface area contributed by atoms with Crippen LogP contribution in [-0.4, -0.2) is 5.11 Å². The van der Waals surface area contributed by atoms with Crippen LogP contribution in [0.5, 0.6) is 0 Å². The monoisotopic (exact) mass is 350 g/mol. The molecule has 2 aliphatic carbocycles. The number of furan rings is 1. The summed E-state index contributed by atoms with van der Waals surface area (Å²) in [5.74, 6) is 2.22. The highest BCUT2D eigenvalue weighted by molar-refractivity contribution is 5.89. The van der Waals surface area contributed by atoms with Gasteiger partial charge in [-0.25, -0.2) is 0 Å². The Bertz CT molecular complexity index is 877. The van der Waals surface area contributed by atoms with E-state index in [0.29, 0.717) is 17.6 Å². The van der Waals surface area contributed by atoms with Crippen LogP contribution in [0.2, 0.25) is 0 Å². The molecule has 1 aromatic carbocycles. The third-order valence-corrected chi connectivity index (χ3v) is 5.64. The summed E-state index contributed by atoms with van der Waals surface area (Å²) in [4.78, 5) is 0. The summed E-state index contributed by atoms with van der Waals surface area (Å²) in [6, 6.07) is 8.21. The van der Waals surface area contributed by atoms with Crippen molar-refractivity contribution in [2.45, 2.75) is 47.5 Å². The van der Waals surface area contributed by atoms with Crippen LogP contribution in [0, 0.1) is 17.3 Å². The van der Waals surface area contributed by atoms with Gasteiger partial charge < -0.3 is 9.52 Å². The lowest BCUT2D eigenvalue weighted by molar-refractivity contribution is 0.274. The number of benzene rings is 1. The number of aliphatic hydroxyl groups excluding tert-OH is 1. The zero-order chi connectivity index (χ0) is 18.9. The van der Waals surface area contributed by atoms with E-state index in [-0.39, 0.29) is 5.41 Å². The molecule has 138 valence electrons. The van der Waals surface area contributed by atoms with Gasteiger partial charge in [-0.2, -0.15) is 0 Å². The van der Waals surface area contributed by atoms with Crippen LogP contribution in [0.15, 0.2) is 58.2 Å². The van der Waals surface area contributed by atoms with Crippen LogP contribution in [0.25, 0.3) is 17.0 Å². The number of para-hydroxylation sites is 1. The first-order valence-electron chi connectivity index (χ1n) is 9.77. The van der Waals surface area contributed by atoms with E-state index in [2.05, 4.69) is 51.1 Å². The van der Waals surface area contributed by atoms with Crippen LogP contribution in [-0.2, 0) is 6.42 Å². The second-order valence-corrected chi connectivity index (χ2v) is 7.71. The maximum Gasteiger partial charge on any atom is 0.134 e. The Morgan fingerprint density at radius 1 is 1.15 bits per heavy atom. The van der Waals surface area contributed by atoms with E-state index in [1.807, 2.05) is 32.1 Å². The molecule has 26 heavy (non-hydrogen) atoms. The Morgan fingerprint density at radius 2 is 1.88 bits per heavy atom. The molecule has 2 aliphatic rings. The standard InChI is InChI=1S/C22H24O2.C2H6/c1-14-8-11-18(19(23)12-14)22(2,3)15-9-10-17-16-6-4-5-7-20(16)24-21(17)13-15;1-2/h4-7,9-12,14-15,23H,8,13H2,1-3H3;1-2H3. The van der Waals surface area contributed by atoms with E-state index in [9.17, 15) is 5.11 Å². The summed E-state index contributed by atoms with van der Waals surface area (Å²) in [5.41, 5.74) is 3.10. The summed E-state index contributed by atoms with van der Waals surface area (Å²) in [6.07, 6.45) is 10.5.